The monoisotopic (exact) mass is 278 g/mol. The maximum Gasteiger partial charge on any atom is 0.269 e. The van der Waals surface area contributed by atoms with Crippen molar-refractivity contribution in [1.82, 2.24) is 4.98 Å². The molecule has 0 radical (unpaired) electrons. The maximum absolute atomic E-state index is 10.7. The molecule has 2 aromatic carbocycles. The first-order valence-electron chi connectivity index (χ1n) is 6.72. The third kappa shape index (κ3) is 2.74. The Hall–Kier alpha value is -2.75. The highest BCUT2D eigenvalue weighted by atomic mass is 16.6. The largest absolute Gasteiger partial charge is 0.269 e. The van der Waals surface area contributed by atoms with Gasteiger partial charge in [-0.1, -0.05) is 36.4 Å². The smallest absolute Gasteiger partial charge is 0.258 e. The van der Waals surface area contributed by atoms with Crippen molar-refractivity contribution in [3.8, 4) is 0 Å². The van der Waals surface area contributed by atoms with Gasteiger partial charge in [-0.3, -0.25) is 15.1 Å². The standard InChI is InChI=1S/C17H14N2O2/c1-12-17-5-3-2-4-14(17)11-15(18-12)10-13-6-8-16(9-7-13)19(20)21/h2-9,11H,10H2,1H3. The molecule has 0 aliphatic heterocycles. The van der Waals surface area contributed by atoms with Gasteiger partial charge in [-0.05, 0) is 23.9 Å². The lowest BCUT2D eigenvalue weighted by Gasteiger charge is -2.06. The average molecular weight is 278 g/mol. The predicted molar refractivity (Wildman–Crippen MR) is 82.4 cm³/mol. The number of nitro groups is 1. The van der Waals surface area contributed by atoms with Gasteiger partial charge < -0.3 is 0 Å². The van der Waals surface area contributed by atoms with Crippen LogP contribution in [0.1, 0.15) is 17.0 Å². The molecule has 0 unspecified atom stereocenters. The van der Waals surface area contributed by atoms with Crippen molar-refractivity contribution >= 4 is 16.5 Å². The number of rotatable bonds is 3. The first-order valence-corrected chi connectivity index (χ1v) is 6.72. The summed E-state index contributed by atoms with van der Waals surface area (Å²) in [5.41, 5.74) is 3.11. The van der Waals surface area contributed by atoms with Gasteiger partial charge in [0.25, 0.3) is 5.69 Å². The van der Waals surface area contributed by atoms with Crippen LogP contribution in [0.5, 0.6) is 0 Å². The summed E-state index contributed by atoms with van der Waals surface area (Å²) in [4.78, 5) is 14.9. The lowest BCUT2D eigenvalue weighted by molar-refractivity contribution is -0.384. The zero-order valence-corrected chi connectivity index (χ0v) is 11.6. The number of pyridine rings is 1. The molecule has 21 heavy (non-hydrogen) atoms. The molecular weight excluding hydrogens is 264 g/mol. The SMILES string of the molecule is Cc1nc(Cc2ccc([N+](=O)[O-])cc2)cc2ccccc12. The van der Waals surface area contributed by atoms with Crippen LogP contribution in [-0.4, -0.2) is 9.91 Å². The normalized spacial score (nSPS) is 10.7. The number of benzene rings is 2. The summed E-state index contributed by atoms with van der Waals surface area (Å²) >= 11 is 0. The molecule has 3 aromatic rings. The Morgan fingerprint density at radius 1 is 1.10 bits per heavy atom. The Kier molecular flexibility index (Phi) is 3.36. The van der Waals surface area contributed by atoms with Crippen LogP contribution in [0.25, 0.3) is 10.8 Å². The topological polar surface area (TPSA) is 56.0 Å². The molecule has 0 aliphatic rings. The Bertz CT molecular complexity index is 811. The van der Waals surface area contributed by atoms with E-state index in [1.807, 2.05) is 19.1 Å². The molecule has 1 aromatic heterocycles. The molecule has 0 atom stereocenters. The van der Waals surface area contributed by atoms with Crippen molar-refractivity contribution in [2.24, 2.45) is 0 Å². The summed E-state index contributed by atoms with van der Waals surface area (Å²) in [5.74, 6) is 0. The summed E-state index contributed by atoms with van der Waals surface area (Å²) in [7, 11) is 0. The highest BCUT2D eigenvalue weighted by Gasteiger charge is 2.06. The number of aromatic nitrogens is 1. The number of aryl methyl sites for hydroxylation is 1. The van der Waals surface area contributed by atoms with Crippen LogP contribution < -0.4 is 0 Å². The second-order valence-corrected chi connectivity index (χ2v) is 5.02. The summed E-state index contributed by atoms with van der Waals surface area (Å²) in [6, 6.07) is 16.9. The van der Waals surface area contributed by atoms with Crippen LogP contribution in [0.2, 0.25) is 0 Å². The van der Waals surface area contributed by atoms with Crippen molar-refractivity contribution < 1.29 is 4.92 Å². The summed E-state index contributed by atoms with van der Waals surface area (Å²) in [6.07, 6.45) is 0.670. The van der Waals surface area contributed by atoms with Crippen molar-refractivity contribution in [1.29, 1.82) is 0 Å². The van der Waals surface area contributed by atoms with E-state index in [0.29, 0.717) is 6.42 Å². The van der Waals surface area contributed by atoms with Gasteiger partial charge in [-0.25, -0.2) is 0 Å². The van der Waals surface area contributed by atoms with Crippen LogP contribution in [0, 0.1) is 17.0 Å². The van der Waals surface area contributed by atoms with Gasteiger partial charge in [0.2, 0.25) is 0 Å². The Labute approximate surface area is 122 Å². The minimum atomic E-state index is -0.387. The van der Waals surface area contributed by atoms with Gasteiger partial charge in [0.15, 0.2) is 0 Å². The second-order valence-electron chi connectivity index (χ2n) is 5.02. The van der Waals surface area contributed by atoms with Crippen LogP contribution in [-0.2, 0) is 6.42 Å². The van der Waals surface area contributed by atoms with E-state index in [-0.39, 0.29) is 10.6 Å². The van der Waals surface area contributed by atoms with Crippen molar-refractivity contribution in [3.63, 3.8) is 0 Å². The molecule has 104 valence electrons. The molecule has 0 aliphatic carbocycles. The fourth-order valence-corrected chi connectivity index (χ4v) is 2.47. The molecule has 1 heterocycles. The summed E-state index contributed by atoms with van der Waals surface area (Å²) in [6.45, 7) is 2.00. The fraction of sp³-hybridized carbons (Fsp3) is 0.118. The molecule has 0 saturated carbocycles. The predicted octanol–water partition coefficient (Wildman–Crippen LogP) is 4.04. The van der Waals surface area contributed by atoms with E-state index in [0.717, 1.165) is 22.3 Å². The van der Waals surface area contributed by atoms with E-state index in [1.54, 1.807) is 12.1 Å². The highest BCUT2D eigenvalue weighted by molar-refractivity contribution is 5.84. The minimum absolute atomic E-state index is 0.112. The van der Waals surface area contributed by atoms with Crippen molar-refractivity contribution in [2.75, 3.05) is 0 Å². The Morgan fingerprint density at radius 3 is 2.52 bits per heavy atom. The van der Waals surface area contributed by atoms with Gasteiger partial charge in [0.1, 0.15) is 0 Å². The molecule has 0 amide bonds. The fourth-order valence-electron chi connectivity index (χ4n) is 2.47. The highest BCUT2D eigenvalue weighted by Crippen LogP contribution is 2.20. The first-order chi connectivity index (χ1) is 10.1. The van der Waals surface area contributed by atoms with Gasteiger partial charge in [-0.15, -0.1) is 0 Å². The van der Waals surface area contributed by atoms with Crippen molar-refractivity contribution in [2.45, 2.75) is 13.3 Å². The number of hydrogen-bond acceptors (Lipinski definition) is 3. The third-order valence-electron chi connectivity index (χ3n) is 3.52. The van der Waals surface area contributed by atoms with Crippen LogP contribution in [0.15, 0.2) is 54.6 Å². The maximum atomic E-state index is 10.7. The Morgan fingerprint density at radius 2 is 1.81 bits per heavy atom. The molecule has 4 heteroatoms. The zero-order chi connectivity index (χ0) is 14.8. The number of fused-ring (bicyclic) bond motifs is 1. The van der Waals surface area contributed by atoms with Gasteiger partial charge >= 0.3 is 0 Å². The van der Waals surface area contributed by atoms with Crippen LogP contribution in [0.4, 0.5) is 5.69 Å². The van der Waals surface area contributed by atoms with E-state index in [1.165, 1.54) is 17.5 Å². The van der Waals surface area contributed by atoms with Gasteiger partial charge in [0, 0.05) is 35.3 Å². The average Bonchev–Trinajstić information content (AvgIpc) is 2.48. The molecule has 0 spiro atoms. The van der Waals surface area contributed by atoms with E-state index < -0.39 is 0 Å². The number of nitro benzene ring substituents is 1. The van der Waals surface area contributed by atoms with Crippen LogP contribution in [0.3, 0.4) is 0 Å². The van der Waals surface area contributed by atoms with Gasteiger partial charge in [-0.2, -0.15) is 0 Å². The first kappa shape index (κ1) is 13.2. The quantitative estimate of drug-likeness (QED) is 0.536. The third-order valence-corrected chi connectivity index (χ3v) is 3.52. The molecular formula is C17H14N2O2. The number of non-ortho nitro benzene ring substituents is 1. The van der Waals surface area contributed by atoms with Gasteiger partial charge in [0.05, 0.1) is 4.92 Å². The molecule has 0 fully saturated rings. The van der Waals surface area contributed by atoms with E-state index >= 15 is 0 Å². The number of hydrogen-bond donors (Lipinski definition) is 0. The van der Waals surface area contributed by atoms with E-state index in [4.69, 9.17) is 0 Å². The molecule has 3 rings (SSSR count). The molecule has 0 saturated heterocycles. The van der Waals surface area contributed by atoms with E-state index in [2.05, 4.69) is 23.2 Å². The molecule has 0 N–H and O–H groups in total. The summed E-state index contributed by atoms with van der Waals surface area (Å²) < 4.78 is 0. The zero-order valence-electron chi connectivity index (χ0n) is 11.6. The summed E-state index contributed by atoms with van der Waals surface area (Å²) in [5, 5.41) is 13.0. The second kappa shape index (κ2) is 5.32. The lowest BCUT2D eigenvalue weighted by Crippen LogP contribution is -1.96. The molecule has 4 nitrogen and oxygen atoms in total. The van der Waals surface area contributed by atoms with Crippen molar-refractivity contribution in [3.05, 3.63) is 81.7 Å². The van der Waals surface area contributed by atoms with E-state index in [9.17, 15) is 10.1 Å². The molecule has 0 bridgehead atoms. The lowest BCUT2D eigenvalue weighted by atomic mass is 10.0. The minimum Gasteiger partial charge on any atom is -0.258 e. The van der Waals surface area contributed by atoms with Crippen LogP contribution >= 0.6 is 0 Å². The Balaban J connectivity index is 1.92. The number of nitrogens with zero attached hydrogens (tertiary/aromatic N) is 2.